The highest BCUT2D eigenvalue weighted by atomic mass is 32.1. The van der Waals surface area contributed by atoms with Crippen molar-refractivity contribution in [3.63, 3.8) is 0 Å². The van der Waals surface area contributed by atoms with Crippen molar-refractivity contribution in [2.24, 2.45) is 5.73 Å². The van der Waals surface area contributed by atoms with E-state index in [2.05, 4.69) is 17.9 Å². The summed E-state index contributed by atoms with van der Waals surface area (Å²) in [5.74, 6) is -2.30. The largest absolute Gasteiger partial charge is 0.508 e. The quantitative estimate of drug-likeness (QED) is 0.323. The molecule has 4 atom stereocenters. The number of hydrogen-bond donors (Lipinski definition) is 5. The van der Waals surface area contributed by atoms with Crippen molar-refractivity contribution < 1.29 is 29.4 Å². The lowest BCUT2D eigenvalue weighted by Crippen LogP contribution is -2.56. The Morgan fingerprint density at radius 1 is 1.06 bits per heavy atom. The minimum Gasteiger partial charge on any atom is -0.508 e. The van der Waals surface area contributed by atoms with E-state index < -0.39 is 36.0 Å². The Bertz CT molecular complexity index is 895. The molecule has 2 fully saturated rings. The second-order valence-corrected chi connectivity index (χ2v) is 8.80. The second kappa shape index (κ2) is 10.9. The van der Waals surface area contributed by atoms with Crippen LogP contribution in [0.4, 0.5) is 0 Å². The monoisotopic (exact) mass is 478 g/mol. The number of thiol groups is 1. The fourth-order valence-electron chi connectivity index (χ4n) is 4.42. The molecule has 0 spiro atoms. The zero-order valence-corrected chi connectivity index (χ0v) is 19.1. The Morgan fingerprint density at radius 2 is 1.67 bits per heavy atom. The van der Waals surface area contributed by atoms with E-state index >= 15 is 0 Å². The van der Waals surface area contributed by atoms with E-state index in [0.29, 0.717) is 38.8 Å². The number of aromatic hydroxyl groups is 1. The highest BCUT2D eigenvalue weighted by Crippen LogP contribution is 2.26. The van der Waals surface area contributed by atoms with Crippen LogP contribution in [0.15, 0.2) is 24.3 Å². The molecule has 0 aliphatic carbocycles. The fourth-order valence-corrected chi connectivity index (χ4v) is 4.67. The summed E-state index contributed by atoms with van der Waals surface area (Å²) < 4.78 is 0. The number of hydrogen-bond acceptors (Lipinski definition) is 7. The van der Waals surface area contributed by atoms with Crippen molar-refractivity contribution in [2.45, 2.75) is 56.3 Å². The van der Waals surface area contributed by atoms with Gasteiger partial charge in [0.15, 0.2) is 0 Å². The fraction of sp³-hybridized carbons (Fsp3) is 0.545. The SMILES string of the molecule is NC(Cc1ccc(O)cc1)C(=O)N1CCCC1C(=O)N1CCCC1C(=O)NC(CS)C(=O)O. The molecule has 2 aliphatic rings. The smallest absolute Gasteiger partial charge is 0.327 e. The summed E-state index contributed by atoms with van der Waals surface area (Å²) in [4.78, 5) is 53.2. The van der Waals surface area contributed by atoms with Crippen LogP contribution in [0, 0.1) is 0 Å². The van der Waals surface area contributed by atoms with Gasteiger partial charge in [-0.1, -0.05) is 12.1 Å². The molecular formula is C22H30N4O6S. The molecule has 33 heavy (non-hydrogen) atoms. The normalized spacial score (nSPS) is 22.1. The molecule has 3 rings (SSSR count). The molecule has 3 amide bonds. The van der Waals surface area contributed by atoms with Gasteiger partial charge in [-0.05, 0) is 49.8 Å². The Hall–Kier alpha value is -2.79. The van der Waals surface area contributed by atoms with Crippen LogP contribution in [0.3, 0.4) is 0 Å². The summed E-state index contributed by atoms with van der Waals surface area (Å²) in [7, 11) is 0. The van der Waals surface area contributed by atoms with Crippen LogP contribution in [-0.4, -0.2) is 86.7 Å². The molecule has 5 N–H and O–H groups in total. The van der Waals surface area contributed by atoms with Crippen LogP contribution in [0.25, 0.3) is 0 Å². The number of rotatable bonds is 8. The first-order valence-corrected chi connectivity index (χ1v) is 11.6. The van der Waals surface area contributed by atoms with Crippen LogP contribution >= 0.6 is 12.6 Å². The molecule has 0 saturated carbocycles. The number of carboxylic acids is 1. The maximum atomic E-state index is 13.3. The molecule has 10 nitrogen and oxygen atoms in total. The molecule has 0 aromatic heterocycles. The van der Waals surface area contributed by atoms with E-state index in [1.165, 1.54) is 21.9 Å². The lowest BCUT2D eigenvalue weighted by atomic mass is 10.0. The average molecular weight is 479 g/mol. The Morgan fingerprint density at radius 3 is 2.27 bits per heavy atom. The highest BCUT2D eigenvalue weighted by Gasteiger charge is 2.43. The van der Waals surface area contributed by atoms with E-state index in [1.807, 2.05) is 0 Å². The molecule has 2 heterocycles. The third-order valence-corrected chi connectivity index (χ3v) is 6.53. The first-order valence-electron chi connectivity index (χ1n) is 11.0. The number of likely N-dealkylation sites (tertiary alicyclic amines) is 2. The predicted molar refractivity (Wildman–Crippen MR) is 123 cm³/mol. The maximum Gasteiger partial charge on any atom is 0.327 e. The standard InChI is InChI=1S/C22H30N4O6S/c23-15(11-13-5-7-14(27)8-6-13)20(29)26-10-2-4-18(26)21(30)25-9-1-3-17(25)19(28)24-16(12-33)22(31)32/h5-8,15-18,27,33H,1-4,9-12,23H2,(H,24,28)(H,31,32). The highest BCUT2D eigenvalue weighted by molar-refractivity contribution is 7.80. The average Bonchev–Trinajstić information content (AvgIpc) is 3.47. The third kappa shape index (κ3) is 5.77. The third-order valence-electron chi connectivity index (χ3n) is 6.17. The molecule has 1 aromatic carbocycles. The number of carboxylic acid groups (broad SMARTS) is 1. The van der Waals surface area contributed by atoms with Gasteiger partial charge >= 0.3 is 5.97 Å². The van der Waals surface area contributed by atoms with Crippen molar-refractivity contribution >= 4 is 36.3 Å². The van der Waals surface area contributed by atoms with Gasteiger partial charge < -0.3 is 31.1 Å². The first kappa shape index (κ1) is 24.8. The van der Waals surface area contributed by atoms with Gasteiger partial charge in [-0.15, -0.1) is 0 Å². The molecular weight excluding hydrogens is 448 g/mol. The number of carbonyl (C=O) groups excluding carboxylic acids is 3. The summed E-state index contributed by atoms with van der Waals surface area (Å²) in [6.07, 6.45) is 2.45. The molecule has 11 heteroatoms. The molecule has 0 bridgehead atoms. The van der Waals surface area contributed by atoms with Gasteiger partial charge in [0.1, 0.15) is 23.9 Å². The van der Waals surface area contributed by atoms with Crippen LogP contribution in [0.5, 0.6) is 5.75 Å². The number of amides is 3. The zero-order valence-electron chi connectivity index (χ0n) is 18.2. The van der Waals surface area contributed by atoms with Crippen LogP contribution in [0.1, 0.15) is 31.2 Å². The Balaban J connectivity index is 1.66. The van der Waals surface area contributed by atoms with Gasteiger partial charge in [0.25, 0.3) is 0 Å². The van der Waals surface area contributed by atoms with Crippen molar-refractivity contribution in [1.29, 1.82) is 0 Å². The van der Waals surface area contributed by atoms with E-state index in [-0.39, 0.29) is 29.7 Å². The van der Waals surface area contributed by atoms with Crippen molar-refractivity contribution in [3.8, 4) is 5.75 Å². The predicted octanol–water partition coefficient (Wildman–Crippen LogP) is -0.257. The lowest BCUT2D eigenvalue weighted by molar-refractivity contribution is -0.148. The maximum absolute atomic E-state index is 13.3. The van der Waals surface area contributed by atoms with Crippen LogP contribution in [-0.2, 0) is 25.6 Å². The summed E-state index contributed by atoms with van der Waals surface area (Å²) in [6.45, 7) is 0.775. The number of carbonyl (C=O) groups is 4. The van der Waals surface area contributed by atoms with Gasteiger partial charge in [0.2, 0.25) is 17.7 Å². The van der Waals surface area contributed by atoms with E-state index in [4.69, 9.17) is 10.8 Å². The van der Waals surface area contributed by atoms with E-state index in [1.54, 1.807) is 12.1 Å². The first-order chi connectivity index (χ1) is 15.7. The molecule has 2 saturated heterocycles. The number of nitrogens with one attached hydrogen (secondary N) is 1. The zero-order chi connectivity index (χ0) is 24.1. The van der Waals surface area contributed by atoms with Gasteiger partial charge in [0.05, 0.1) is 6.04 Å². The number of nitrogens with two attached hydrogens (primary N) is 1. The summed E-state index contributed by atoms with van der Waals surface area (Å²) in [6, 6.07) is 2.98. The molecule has 180 valence electrons. The topological polar surface area (TPSA) is 153 Å². The van der Waals surface area contributed by atoms with Gasteiger partial charge in [-0.3, -0.25) is 14.4 Å². The number of phenolic OH excluding ortho intramolecular Hbond substituents is 1. The summed E-state index contributed by atoms with van der Waals surface area (Å²) >= 11 is 3.96. The van der Waals surface area contributed by atoms with Crippen molar-refractivity contribution in [3.05, 3.63) is 29.8 Å². The number of phenols is 1. The number of benzene rings is 1. The van der Waals surface area contributed by atoms with Gasteiger partial charge in [0, 0.05) is 18.8 Å². The van der Waals surface area contributed by atoms with Crippen LogP contribution < -0.4 is 11.1 Å². The number of nitrogens with zero attached hydrogens (tertiary/aromatic N) is 2. The number of aliphatic carboxylic acids is 1. The molecule has 0 radical (unpaired) electrons. The Labute approximate surface area is 197 Å². The molecule has 4 unspecified atom stereocenters. The van der Waals surface area contributed by atoms with E-state index in [9.17, 15) is 24.3 Å². The minimum absolute atomic E-state index is 0.0639. The summed E-state index contributed by atoms with van der Waals surface area (Å²) in [5.41, 5.74) is 6.95. The Kier molecular flexibility index (Phi) is 8.20. The van der Waals surface area contributed by atoms with Gasteiger partial charge in [-0.2, -0.15) is 12.6 Å². The van der Waals surface area contributed by atoms with Crippen molar-refractivity contribution in [2.75, 3.05) is 18.8 Å². The summed E-state index contributed by atoms with van der Waals surface area (Å²) in [5, 5.41) is 21.0. The second-order valence-electron chi connectivity index (χ2n) is 8.44. The lowest BCUT2D eigenvalue weighted by Gasteiger charge is -2.32. The van der Waals surface area contributed by atoms with E-state index in [0.717, 1.165) is 5.56 Å². The van der Waals surface area contributed by atoms with Gasteiger partial charge in [-0.25, -0.2) is 4.79 Å². The molecule has 1 aromatic rings. The minimum atomic E-state index is -1.19. The van der Waals surface area contributed by atoms with Crippen molar-refractivity contribution in [1.82, 2.24) is 15.1 Å². The van der Waals surface area contributed by atoms with Crippen LogP contribution in [0.2, 0.25) is 0 Å². The molecule has 2 aliphatic heterocycles.